The number of ether oxygens (including phenoxy) is 2. The quantitative estimate of drug-likeness (QED) is 0.305. The second kappa shape index (κ2) is 12.1. The van der Waals surface area contributed by atoms with Gasteiger partial charge in [0.2, 0.25) is 0 Å². The summed E-state index contributed by atoms with van der Waals surface area (Å²) in [7, 11) is 1.24. The summed E-state index contributed by atoms with van der Waals surface area (Å²) in [5, 5.41) is 18.1. The molecule has 0 atom stereocenters. The van der Waals surface area contributed by atoms with Crippen molar-refractivity contribution in [2.24, 2.45) is 0 Å². The number of fused-ring (bicyclic) bond motifs is 2. The van der Waals surface area contributed by atoms with Crippen LogP contribution in [0.4, 0.5) is 26.4 Å². The molecule has 44 heavy (non-hydrogen) atoms. The first-order chi connectivity index (χ1) is 21.4. The molecule has 0 bridgehead atoms. The Kier molecular flexibility index (Phi) is 7.89. The number of aromatic nitrogens is 2. The third-order valence-corrected chi connectivity index (χ3v) is 8.15. The minimum absolute atomic E-state index is 0.125. The lowest BCUT2D eigenvalue weighted by atomic mass is 10.00. The zero-order valence-corrected chi connectivity index (χ0v) is 24.5. The summed E-state index contributed by atoms with van der Waals surface area (Å²) in [6.45, 7) is 4.70. The number of benzene rings is 3. The van der Waals surface area contributed by atoms with E-state index in [0.29, 0.717) is 45.0 Å². The Balaban J connectivity index is 1.16. The molecular weight excluding hydrogens is 563 g/mol. The number of nitriles is 1. The number of amides is 1. The Labute approximate surface area is 254 Å². The van der Waals surface area contributed by atoms with Crippen molar-refractivity contribution >= 4 is 29.3 Å². The van der Waals surface area contributed by atoms with Crippen LogP contribution in [0.2, 0.25) is 0 Å². The third-order valence-electron chi connectivity index (χ3n) is 8.15. The van der Waals surface area contributed by atoms with Crippen LogP contribution in [-0.4, -0.2) is 60.0 Å². The summed E-state index contributed by atoms with van der Waals surface area (Å²) >= 11 is 0. The maximum Gasteiger partial charge on any atom is 0.410 e. The number of methoxy groups -OCH3 is 1. The highest BCUT2D eigenvalue weighted by Gasteiger charge is 2.27. The van der Waals surface area contributed by atoms with Gasteiger partial charge < -0.3 is 24.6 Å². The Morgan fingerprint density at radius 2 is 1.82 bits per heavy atom. The second-order valence-corrected chi connectivity index (χ2v) is 10.7. The normalized spacial score (nSPS) is 14.0. The molecule has 1 fully saturated rings. The fraction of sp³-hybridized carbons (Fsp3) is 0.273. The van der Waals surface area contributed by atoms with Crippen LogP contribution in [0.1, 0.15) is 32.6 Å². The molecule has 0 radical (unpaired) electrons. The van der Waals surface area contributed by atoms with Crippen LogP contribution < -0.4 is 10.2 Å². The van der Waals surface area contributed by atoms with E-state index in [1.807, 2.05) is 42.5 Å². The topological polar surface area (TPSA) is 113 Å². The molecule has 3 aromatic carbocycles. The lowest BCUT2D eigenvalue weighted by Crippen LogP contribution is -2.49. The fourth-order valence-corrected chi connectivity index (χ4v) is 5.66. The summed E-state index contributed by atoms with van der Waals surface area (Å²) in [5.41, 5.74) is 4.75. The van der Waals surface area contributed by atoms with Crippen LogP contribution in [0.5, 0.6) is 0 Å². The molecule has 0 saturated carbocycles. The number of esters is 1. The third kappa shape index (κ3) is 5.42. The monoisotopic (exact) mass is 594 g/mol. The van der Waals surface area contributed by atoms with Crippen LogP contribution in [0.15, 0.2) is 60.7 Å². The smallest absolute Gasteiger partial charge is 0.410 e. The molecule has 0 unspecified atom stereocenters. The fourth-order valence-electron chi connectivity index (χ4n) is 5.66. The van der Waals surface area contributed by atoms with Gasteiger partial charge in [-0.15, -0.1) is 0 Å². The molecule has 1 N–H and O–H groups in total. The van der Waals surface area contributed by atoms with Crippen molar-refractivity contribution in [2.75, 3.05) is 43.5 Å². The van der Waals surface area contributed by atoms with Gasteiger partial charge in [0, 0.05) is 49.7 Å². The Morgan fingerprint density at radius 3 is 2.55 bits per heavy atom. The highest BCUT2D eigenvalue weighted by atomic mass is 19.1. The second-order valence-electron chi connectivity index (χ2n) is 10.7. The van der Waals surface area contributed by atoms with Gasteiger partial charge in [-0.1, -0.05) is 30.3 Å². The number of hydrogen-bond acceptors (Lipinski definition) is 8. The molecule has 224 valence electrons. The molecule has 3 heterocycles. The maximum absolute atomic E-state index is 15.4. The molecule has 1 saturated heterocycles. The summed E-state index contributed by atoms with van der Waals surface area (Å²) in [6.07, 6.45) is 0.333. The Hall–Kier alpha value is -5.37. The number of nitrogens with one attached hydrogen (secondary N) is 1. The predicted octanol–water partition coefficient (Wildman–Crippen LogP) is 5.41. The molecule has 0 spiro atoms. The molecular formula is C33H31FN6O4. The van der Waals surface area contributed by atoms with Gasteiger partial charge in [-0.25, -0.2) is 18.7 Å². The van der Waals surface area contributed by atoms with E-state index in [9.17, 15) is 14.9 Å². The Bertz CT molecular complexity index is 1770. The molecule has 2 aliphatic heterocycles. The summed E-state index contributed by atoms with van der Waals surface area (Å²) in [5.74, 6) is -0.757. The minimum Gasteiger partial charge on any atom is -0.465 e. The molecule has 0 aliphatic carbocycles. The Morgan fingerprint density at radius 1 is 1.05 bits per heavy atom. The van der Waals surface area contributed by atoms with Crippen molar-refractivity contribution in [2.45, 2.75) is 26.5 Å². The van der Waals surface area contributed by atoms with Crippen LogP contribution in [0.3, 0.4) is 0 Å². The van der Waals surface area contributed by atoms with E-state index in [1.54, 1.807) is 9.58 Å². The number of nitrogens with zero attached hydrogens (tertiary/aromatic N) is 5. The van der Waals surface area contributed by atoms with Gasteiger partial charge >= 0.3 is 12.1 Å². The molecule has 6 rings (SSSR count). The zero-order valence-electron chi connectivity index (χ0n) is 24.5. The number of hydrogen-bond donors (Lipinski definition) is 1. The first-order valence-electron chi connectivity index (χ1n) is 14.4. The minimum atomic E-state index is -0.630. The van der Waals surface area contributed by atoms with Crippen molar-refractivity contribution in [3.05, 3.63) is 94.3 Å². The van der Waals surface area contributed by atoms with Crippen LogP contribution in [-0.2, 0) is 29.0 Å². The largest absolute Gasteiger partial charge is 0.465 e. The van der Waals surface area contributed by atoms with Gasteiger partial charge in [0.25, 0.3) is 0 Å². The van der Waals surface area contributed by atoms with Gasteiger partial charge in [-0.2, -0.15) is 10.4 Å². The number of carbonyl (C=O) groups excluding carboxylic acids is 2. The SMILES string of the molecule is COC(=O)c1ccc(-c2nn3c(c2C#N)Nc2ccc(N4CCN(C(=O)OCc5ccccc5)CC4)cc2CC3)c(F)c1C. The number of anilines is 3. The molecule has 11 heteroatoms. The predicted molar refractivity (Wildman–Crippen MR) is 162 cm³/mol. The van der Waals surface area contributed by atoms with E-state index >= 15 is 4.39 Å². The molecule has 1 aromatic heterocycles. The molecule has 2 aliphatic rings. The molecule has 1 amide bonds. The molecule has 10 nitrogen and oxygen atoms in total. The lowest BCUT2D eigenvalue weighted by molar-refractivity contribution is 0.0599. The van der Waals surface area contributed by atoms with Crippen molar-refractivity contribution in [1.29, 1.82) is 5.26 Å². The zero-order chi connectivity index (χ0) is 30.8. The van der Waals surface area contributed by atoms with Gasteiger partial charge in [-0.05, 0) is 60.4 Å². The van der Waals surface area contributed by atoms with Crippen molar-refractivity contribution in [3.8, 4) is 17.3 Å². The number of rotatable bonds is 5. The van der Waals surface area contributed by atoms with E-state index in [4.69, 9.17) is 9.47 Å². The number of aryl methyl sites for hydroxylation is 2. The van der Waals surface area contributed by atoms with Crippen molar-refractivity contribution in [1.82, 2.24) is 14.7 Å². The van der Waals surface area contributed by atoms with Gasteiger partial charge in [0.15, 0.2) is 0 Å². The van der Waals surface area contributed by atoms with Crippen molar-refractivity contribution < 1.29 is 23.5 Å². The van der Waals surface area contributed by atoms with Crippen LogP contribution in [0.25, 0.3) is 11.3 Å². The number of halogens is 1. The lowest BCUT2D eigenvalue weighted by Gasteiger charge is -2.35. The summed E-state index contributed by atoms with van der Waals surface area (Å²) < 4.78 is 27.4. The van der Waals surface area contributed by atoms with Gasteiger partial charge in [0.1, 0.15) is 35.6 Å². The van der Waals surface area contributed by atoms with Gasteiger partial charge in [0.05, 0.1) is 12.7 Å². The van der Waals surface area contributed by atoms with E-state index in [1.165, 1.54) is 26.2 Å². The van der Waals surface area contributed by atoms with E-state index < -0.39 is 11.8 Å². The summed E-state index contributed by atoms with van der Waals surface area (Å²) in [6, 6.07) is 20.9. The average molecular weight is 595 g/mol. The highest BCUT2D eigenvalue weighted by Crippen LogP contribution is 2.37. The van der Waals surface area contributed by atoms with Crippen LogP contribution in [0, 0.1) is 24.1 Å². The van der Waals surface area contributed by atoms with Gasteiger partial charge in [-0.3, -0.25) is 0 Å². The van der Waals surface area contributed by atoms with E-state index in [-0.39, 0.29) is 40.6 Å². The standard InChI is InChI=1S/C33H31FN6O4/c1-21-25(32(41)43-2)9-10-26(29(21)34)30-27(19-35)31-36-28-11-8-24(18-23(28)12-13-40(31)37-30)38-14-16-39(17-15-38)33(42)44-20-22-6-4-3-5-7-22/h3-11,18,36H,12-17,20H2,1-2H3. The van der Waals surface area contributed by atoms with E-state index in [2.05, 4.69) is 27.5 Å². The average Bonchev–Trinajstić information content (AvgIpc) is 3.30. The highest BCUT2D eigenvalue weighted by molar-refractivity contribution is 5.92. The number of carbonyl (C=O) groups is 2. The number of piperazine rings is 1. The summed E-state index contributed by atoms with van der Waals surface area (Å²) in [4.78, 5) is 28.6. The molecule has 4 aromatic rings. The maximum atomic E-state index is 15.4. The van der Waals surface area contributed by atoms with E-state index in [0.717, 1.165) is 22.5 Å². The van der Waals surface area contributed by atoms with Crippen molar-refractivity contribution in [3.63, 3.8) is 0 Å². The first kappa shape index (κ1) is 28.7. The first-order valence-corrected chi connectivity index (χ1v) is 14.4. The van der Waals surface area contributed by atoms with Crippen LogP contribution >= 0.6 is 0 Å².